The molecule has 0 bridgehead atoms. The van der Waals surface area contributed by atoms with E-state index in [1.807, 2.05) is 38.1 Å². The molecule has 150 valence electrons. The summed E-state index contributed by atoms with van der Waals surface area (Å²) in [6.45, 7) is 5.85. The van der Waals surface area contributed by atoms with Crippen LogP contribution in [0, 0.1) is 0 Å². The first-order valence-corrected chi connectivity index (χ1v) is 9.05. The summed E-state index contributed by atoms with van der Waals surface area (Å²) in [5.41, 5.74) is 1.25. The van der Waals surface area contributed by atoms with Gasteiger partial charge in [-0.15, -0.1) is 0 Å². The quantitative estimate of drug-likeness (QED) is 0.650. The standard InChI is InChI=1S/C21H25NO6/c1-4-26-19-11-15(9-10-18(19)27-13-20(23)24)21(25)22-12-16-7-5-6-8-17(16)28-14(2)3/h5-11,14H,4,12-13H2,1-3H3,(H,22,25)(H,23,24). The smallest absolute Gasteiger partial charge is 0.341 e. The second-order valence-corrected chi connectivity index (χ2v) is 6.23. The molecule has 0 aliphatic rings. The van der Waals surface area contributed by atoms with Crippen LogP contribution in [0.15, 0.2) is 42.5 Å². The SMILES string of the molecule is CCOc1cc(C(=O)NCc2ccccc2OC(C)C)ccc1OCC(=O)O. The molecule has 0 aliphatic carbocycles. The molecule has 0 fully saturated rings. The molecule has 2 N–H and O–H groups in total. The molecule has 28 heavy (non-hydrogen) atoms. The molecule has 0 aliphatic heterocycles. The van der Waals surface area contributed by atoms with E-state index in [9.17, 15) is 9.59 Å². The van der Waals surface area contributed by atoms with Crippen LogP contribution in [0.2, 0.25) is 0 Å². The highest BCUT2D eigenvalue weighted by molar-refractivity contribution is 5.94. The van der Waals surface area contributed by atoms with Crippen LogP contribution in [-0.4, -0.2) is 36.3 Å². The van der Waals surface area contributed by atoms with Gasteiger partial charge in [0.2, 0.25) is 0 Å². The number of rotatable bonds is 10. The van der Waals surface area contributed by atoms with Gasteiger partial charge in [-0.25, -0.2) is 4.79 Å². The number of benzene rings is 2. The molecule has 2 aromatic rings. The predicted molar refractivity (Wildman–Crippen MR) is 104 cm³/mol. The van der Waals surface area contributed by atoms with Gasteiger partial charge in [0.1, 0.15) is 5.75 Å². The highest BCUT2D eigenvalue weighted by Crippen LogP contribution is 2.28. The monoisotopic (exact) mass is 387 g/mol. The van der Waals surface area contributed by atoms with Crippen LogP contribution in [0.3, 0.4) is 0 Å². The van der Waals surface area contributed by atoms with E-state index in [-0.39, 0.29) is 17.8 Å². The second kappa shape index (κ2) is 10.2. The Morgan fingerprint density at radius 1 is 1.04 bits per heavy atom. The Hall–Kier alpha value is -3.22. The van der Waals surface area contributed by atoms with Crippen molar-refractivity contribution in [1.29, 1.82) is 0 Å². The van der Waals surface area contributed by atoms with Crippen LogP contribution in [0.25, 0.3) is 0 Å². The molecular weight excluding hydrogens is 362 g/mol. The van der Waals surface area contributed by atoms with Crippen LogP contribution in [-0.2, 0) is 11.3 Å². The van der Waals surface area contributed by atoms with E-state index in [1.54, 1.807) is 13.0 Å². The van der Waals surface area contributed by atoms with Crippen LogP contribution < -0.4 is 19.5 Å². The Labute approximate surface area is 164 Å². The maximum atomic E-state index is 12.5. The lowest BCUT2D eigenvalue weighted by Gasteiger charge is -2.15. The highest BCUT2D eigenvalue weighted by atomic mass is 16.5. The summed E-state index contributed by atoms with van der Waals surface area (Å²) in [6.07, 6.45) is 0.0314. The lowest BCUT2D eigenvalue weighted by molar-refractivity contribution is -0.139. The molecule has 0 radical (unpaired) electrons. The fourth-order valence-electron chi connectivity index (χ4n) is 2.47. The number of carboxylic acids is 1. The zero-order chi connectivity index (χ0) is 20.5. The van der Waals surface area contributed by atoms with Gasteiger partial charge in [0.25, 0.3) is 5.91 Å². The van der Waals surface area contributed by atoms with Gasteiger partial charge in [0, 0.05) is 17.7 Å². The molecule has 0 aromatic heterocycles. The number of nitrogens with one attached hydrogen (secondary N) is 1. The van der Waals surface area contributed by atoms with Crippen molar-refractivity contribution in [1.82, 2.24) is 5.32 Å². The fraction of sp³-hybridized carbons (Fsp3) is 0.333. The molecular formula is C21H25NO6. The van der Waals surface area contributed by atoms with Crippen molar-refractivity contribution in [2.24, 2.45) is 0 Å². The molecule has 0 atom stereocenters. The summed E-state index contributed by atoms with van der Waals surface area (Å²) >= 11 is 0. The summed E-state index contributed by atoms with van der Waals surface area (Å²) in [5, 5.41) is 11.6. The molecule has 0 saturated heterocycles. The van der Waals surface area contributed by atoms with Gasteiger partial charge in [-0.3, -0.25) is 4.79 Å². The van der Waals surface area contributed by atoms with E-state index in [0.717, 1.165) is 11.3 Å². The summed E-state index contributed by atoms with van der Waals surface area (Å²) < 4.78 is 16.4. The van der Waals surface area contributed by atoms with Gasteiger partial charge in [-0.05, 0) is 45.0 Å². The zero-order valence-corrected chi connectivity index (χ0v) is 16.2. The zero-order valence-electron chi connectivity index (χ0n) is 16.2. The largest absolute Gasteiger partial charge is 0.491 e. The number of ether oxygens (including phenoxy) is 3. The Morgan fingerprint density at radius 3 is 2.46 bits per heavy atom. The summed E-state index contributed by atoms with van der Waals surface area (Å²) in [7, 11) is 0. The third-order valence-electron chi connectivity index (χ3n) is 3.63. The number of amides is 1. The molecule has 0 heterocycles. The van der Waals surface area contributed by atoms with Crippen molar-refractivity contribution < 1.29 is 28.9 Å². The van der Waals surface area contributed by atoms with Crippen LogP contribution in [0.5, 0.6) is 17.2 Å². The van der Waals surface area contributed by atoms with Gasteiger partial charge < -0.3 is 24.6 Å². The lowest BCUT2D eigenvalue weighted by atomic mass is 10.1. The average Bonchev–Trinajstić information content (AvgIpc) is 2.65. The molecule has 0 unspecified atom stereocenters. The van der Waals surface area contributed by atoms with E-state index in [2.05, 4.69) is 5.32 Å². The van der Waals surface area contributed by atoms with Crippen LogP contribution in [0.1, 0.15) is 36.7 Å². The Morgan fingerprint density at radius 2 is 1.79 bits per heavy atom. The topological polar surface area (TPSA) is 94.1 Å². The van der Waals surface area contributed by atoms with Gasteiger partial charge in [0.15, 0.2) is 18.1 Å². The van der Waals surface area contributed by atoms with Crippen molar-refractivity contribution in [3.05, 3.63) is 53.6 Å². The van der Waals surface area contributed by atoms with E-state index < -0.39 is 12.6 Å². The number of hydrogen-bond donors (Lipinski definition) is 2. The van der Waals surface area contributed by atoms with Crippen molar-refractivity contribution in [2.45, 2.75) is 33.4 Å². The van der Waals surface area contributed by atoms with Crippen LogP contribution in [0.4, 0.5) is 0 Å². The Bertz CT molecular complexity index is 818. The first-order chi connectivity index (χ1) is 13.4. The van der Waals surface area contributed by atoms with Gasteiger partial charge in [-0.2, -0.15) is 0 Å². The predicted octanol–water partition coefficient (Wildman–Crippen LogP) is 3.27. The molecule has 0 saturated carbocycles. The fourth-order valence-corrected chi connectivity index (χ4v) is 2.47. The minimum Gasteiger partial charge on any atom is -0.491 e. The van der Waals surface area contributed by atoms with E-state index in [1.165, 1.54) is 12.1 Å². The van der Waals surface area contributed by atoms with E-state index >= 15 is 0 Å². The molecule has 2 aromatic carbocycles. The van der Waals surface area contributed by atoms with Crippen LogP contribution >= 0.6 is 0 Å². The minimum absolute atomic E-state index is 0.0314. The van der Waals surface area contributed by atoms with Crippen molar-refractivity contribution in [2.75, 3.05) is 13.2 Å². The normalized spacial score (nSPS) is 10.4. The lowest BCUT2D eigenvalue weighted by Crippen LogP contribution is -2.23. The summed E-state index contributed by atoms with van der Waals surface area (Å²) in [5.74, 6) is -0.0571. The van der Waals surface area contributed by atoms with E-state index in [0.29, 0.717) is 24.5 Å². The highest BCUT2D eigenvalue weighted by Gasteiger charge is 2.13. The first-order valence-electron chi connectivity index (χ1n) is 9.05. The van der Waals surface area contributed by atoms with Crippen molar-refractivity contribution in [3.63, 3.8) is 0 Å². The number of carboxylic acid groups (broad SMARTS) is 1. The number of aliphatic carboxylic acids is 1. The third-order valence-corrected chi connectivity index (χ3v) is 3.63. The van der Waals surface area contributed by atoms with E-state index in [4.69, 9.17) is 19.3 Å². The van der Waals surface area contributed by atoms with Crippen molar-refractivity contribution in [3.8, 4) is 17.2 Å². The molecule has 2 rings (SSSR count). The molecule has 7 nitrogen and oxygen atoms in total. The first kappa shape index (κ1) is 21.1. The summed E-state index contributed by atoms with van der Waals surface area (Å²) in [6, 6.07) is 12.1. The Kier molecular flexibility index (Phi) is 7.68. The van der Waals surface area contributed by atoms with Gasteiger partial charge >= 0.3 is 5.97 Å². The molecule has 7 heteroatoms. The minimum atomic E-state index is -1.09. The number of carbonyl (C=O) groups excluding carboxylic acids is 1. The van der Waals surface area contributed by atoms with Crippen molar-refractivity contribution >= 4 is 11.9 Å². The maximum absolute atomic E-state index is 12.5. The average molecular weight is 387 g/mol. The number of hydrogen-bond acceptors (Lipinski definition) is 5. The summed E-state index contributed by atoms with van der Waals surface area (Å²) in [4.78, 5) is 23.2. The third kappa shape index (κ3) is 6.19. The van der Waals surface area contributed by atoms with Gasteiger partial charge in [0.05, 0.1) is 12.7 Å². The molecule has 1 amide bonds. The number of para-hydroxylation sites is 1. The maximum Gasteiger partial charge on any atom is 0.341 e. The molecule has 0 spiro atoms. The van der Waals surface area contributed by atoms with Gasteiger partial charge in [-0.1, -0.05) is 18.2 Å². The second-order valence-electron chi connectivity index (χ2n) is 6.23. The Balaban J connectivity index is 2.10. The number of carbonyl (C=O) groups is 2.